The van der Waals surface area contributed by atoms with Gasteiger partial charge in [-0.15, -0.1) is 0 Å². The first kappa shape index (κ1) is 12.5. The van der Waals surface area contributed by atoms with Crippen molar-refractivity contribution < 1.29 is 0 Å². The molecular weight excluding hydrogens is 226 g/mol. The first-order chi connectivity index (χ1) is 8.24. The first-order valence-electron chi connectivity index (χ1n) is 5.91. The van der Waals surface area contributed by atoms with E-state index in [-0.39, 0.29) is 0 Å². The number of fused-ring (bicyclic) bond motifs is 1. The maximum Gasteiger partial charge on any atom is 0.0409 e. The molecule has 0 aromatic heterocycles. The molecule has 0 heterocycles. The van der Waals surface area contributed by atoms with Gasteiger partial charge < -0.3 is 5.32 Å². The lowest BCUT2D eigenvalue weighted by molar-refractivity contribution is 0.663. The molecule has 0 saturated heterocycles. The van der Waals surface area contributed by atoms with Crippen molar-refractivity contribution in [1.29, 1.82) is 0 Å². The second-order valence-electron chi connectivity index (χ2n) is 4.41. The van der Waals surface area contributed by atoms with Crippen molar-refractivity contribution in [1.82, 2.24) is 5.32 Å². The van der Waals surface area contributed by atoms with Gasteiger partial charge in [0.25, 0.3) is 0 Å². The van der Waals surface area contributed by atoms with Gasteiger partial charge in [-0.3, -0.25) is 0 Å². The van der Waals surface area contributed by atoms with Gasteiger partial charge in [0.1, 0.15) is 0 Å². The van der Waals surface area contributed by atoms with Crippen LogP contribution in [0.25, 0.3) is 10.8 Å². The Kier molecular flexibility index (Phi) is 4.08. The standard InChI is InChI=1S/C15H19NS/c1-11-4-5-13-9-14(7-6-12(13)8-11)15(16-2)10-17-3/h4-9,15-16H,10H2,1-3H3. The van der Waals surface area contributed by atoms with Gasteiger partial charge in [-0.2, -0.15) is 11.8 Å². The molecule has 0 aliphatic heterocycles. The van der Waals surface area contributed by atoms with Crippen LogP contribution in [0, 0.1) is 6.92 Å². The summed E-state index contributed by atoms with van der Waals surface area (Å²) >= 11 is 1.87. The fourth-order valence-corrected chi connectivity index (χ4v) is 2.81. The topological polar surface area (TPSA) is 12.0 Å². The van der Waals surface area contributed by atoms with E-state index >= 15 is 0 Å². The Hall–Kier alpha value is -0.990. The van der Waals surface area contributed by atoms with E-state index in [4.69, 9.17) is 0 Å². The van der Waals surface area contributed by atoms with Gasteiger partial charge in [0.05, 0.1) is 0 Å². The number of rotatable bonds is 4. The van der Waals surface area contributed by atoms with Gasteiger partial charge in [0.15, 0.2) is 0 Å². The van der Waals surface area contributed by atoms with E-state index in [1.165, 1.54) is 21.9 Å². The molecule has 0 saturated carbocycles. The van der Waals surface area contributed by atoms with Gasteiger partial charge >= 0.3 is 0 Å². The minimum Gasteiger partial charge on any atom is -0.312 e. The largest absolute Gasteiger partial charge is 0.312 e. The highest BCUT2D eigenvalue weighted by molar-refractivity contribution is 7.98. The predicted octanol–water partition coefficient (Wildman–Crippen LogP) is 3.77. The fourth-order valence-electron chi connectivity index (χ4n) is 2.11. The van der Waals surface area contributed by atoms with Crippen LogP contribution >= 0.6 is 11.8 Å². The summed E-state index contributed by atoms with van der Waals surface area (Å²) in [6, 6.07) is 13.8. The number of thioether (sulfide) groups is 1. The van der Waals surface area contributed by atoms with Crippen molar-refractivity contribution in [2.75, 3.05) is 19.1 Å². The molecule has 2 rings (SSSR count). The minimum absolute atomic E-state index is 0.440. The maximum atomic E-state index is 3.37. The van der Waals surface area contributed by atoms with Crippen LogP contribution in [0.3, 0.4) is 0 Å². The highest BCUT2D eigenvalue weighted by Crippen LogP contribution is 2.23. The Bertz CT molecular complexity index is 507. The van der Waals surface area contributed by atoms with Crippen LogP contribution in [-0.2, 0) is 0 Å². The van der Waals surface area contributed by atoms with E-state index in [9.17, 15) is 0 Å². The van der Waals surface area contributed by atoms with Gasteiger partial charge in [0.2, 0.25) is 0 Å². The normalized spacial score (nSPS) is 12.9. The lowest BCUT2D eigenvalue weighted by Crippen LogP contribution is -2.18. The van der Waals surface area contributed by atoms with Crippen LogP contribution in [0.15, 0.2) is 36.4 Å². The quantitative estimate of drug-likeness (QED) is 0.880. The maximum absolute atomic E-state index is 3.37. The lowest BCUT2D eigenvalue weighted by Gasteiger charge is -2.16. The summed E-state index contributed by atoms with van der Waals surface area (Å²) in [4.78, 5) is 0. The van der Waals surface area contributed by atoms with Crippen LogP contribution in [0.2, 0.25) is 0 Å². The highest BCUT2D eigenvalue weighted by atomic mass is 32.2. The van der Waals surface area contributed by atoms with E-state index in [0.717, 1.165) is 5.75 Å². The van der Waals surface area contributed by atoms with Gasteiger partial charge in [-0.05, 0) is 42.6 Å². The van der Waals surface area contributed by atoms with Crippen LogP contribution in [-0.4, -0.2) is 19.1 Å². The summed E-state index contributed by atoms with van der Waals surface area (Å²) in [5.74, 6) is 1.11. The molecule has 0 amide bonds. The molecule has 2 aromatic rings. The molecule has 2 heteroatoms. The molecular formula is C15H19NS. The molecule has 0 bridgehead atoms. The van der Waals surface area contributed by atoms with E-state index < -0.39 is 0 Å². The molecule has 0 aliphatic rings. The minimum atomic E-state index is 0.440. The zero-order valence-electron chi connectivity index (χ0n) is 10.7. The molecule has 0 fully saturated rings. The zero-order valence-corrected chi connectivity index (χ0v) is 11.5. The molecule has 1 unspecified atom stereocenters. The molecule has 2 aromatic carbocycles. The summed E-state index contributed by atoms with van der Waals surface area (Å²) in [6.07, 6.45) is 2.15. The average molecular weight is 245 g/mol. The average Bonchev–Trinajstić information content (AvgIpc) is 2.35. The first-order valence-corrected chi connectivity index (χ1v) is 7.30. The number of nitrogens with one attached hydrogen (secondary N) is 1. The van der Waals surface area contributed by atoms with Crippen molar-refractivity contribution in [3.8, 4) is 0 Å². The van der Waals surface area contributed by atoms with Crippen molar-refractivity contribution >= 4 is 22.5 Å². The summed E-state index contributed by atoms with van der Waals surface area (Å²) in [5.41, 5.74) is 2.69. The Balaban J connectivity index is 2.40. The molecule has 0 spiro atoms. The monoisotopic (exact) mass is 245 g/mol. The Morgan fingerprint density at radius 2 is 1.82 bits per heavy atom. The third-order valence-electron chi connectivity index (χ3n) is 3.10. The van der Waals surface area contributed by atoms with Crippen LogP contribution in [0.5, 0.6) is 0 Å². The molecule has 0 aliphatic carbocycles. The third kappa shape index (κ3) is 2.82. The Morgan fingerprint density at radius 3 is 2.53 bits per heavy atom. The van der Waals surface area contributed by atoms with E-state index in [1.807, 2.05) is 18.8 Å². The van der Waals surface area contributed by atoms with E-state index in [2.05, 4.69) is 54.9 Å². The number of hydrogen-bond donors (Lipinski definition) is 1. The second kappa shape index (κ2) is 5.56. The van der Waals surface area contributed by atoms with Crippen LogP contribution < -0.4 is 5.32 Å². The summed E-state index contributed by atoms with van der Waals surface area (Å²) in [6.45, 7) is 2.14. The molecule has 90 valence electrons. The van der Waals surface area contributed by atoms with Crippen molar-refractivity contribution in [3.63, 3.8) is 0 Å². The second-order valence-corrected chi connectivity index (χ2v) is 5.32. The number of aryl methyl sites for hydroxylation is 1. The van der Waals surface area contributed by atoms with Crippen LogP contribution in [0.1, 0.15) is 17.2 Å². The number of hydrogen-bond acceptors (Lipinski definition) is 2. The van der Waals surface area contributed by atoms with Crippen molar-refractivity contribution in [3.05, 3.63) is 47.5 Å². The van der Waals surface area contributed by atoms with Gasteiger partial charge in [-0.25, -0.2) is 0 Å². The third-order valence-corrected chi connectivity index (χ3v) is 3.77. The number of benzene rings is 2. The van der Waals surface area contributed by atoms with Crippen molar-refractivity contribution in [2.45, 2.75) is 13.0 Å². The molecule has 1 nitrogen and oxygen atoms in total. The molecule has 17 heavy (non-hydrogen) atoms. The van der Waals surface area contributed by atoms with E-state index in [0.29, 0.717) is 6.04 Å². The zero-order chi connectivity index (χ0) is 12.3. The summed E-state index contributed by atoms with van der Waals surface area (Å²) in [7, 11) is 2.03. The van der Waals surface area contributed by atoms with Gasteiger partial charge in [0, 0.05) is 11.8 Å². The Morgan fingerprint density at radius 1 is 1.12 bits per heavy atom. The molecule has 0 radical (unpaired) electrons. The Labute approximate surface area is 108 Å². The summed E-state index contributed by atoms with van der Waals surface area (Å²) < 4.78 is 0. The fraction of sp³-hybridized carbons (Fsp3) is 0.333. The molecule has 1 atom stereocenters. The van der Waals surface area contributed by atoms with E-state index in [1.54, 1.807) is 0 Å². The SMILES string of the molecule is CNC(CSC)c1ccc2cc(C)ccc2c1. The van der Waals surface area contributed by atoms with Crippen molar-refractivity contribution in [2.24, 2.45) is 0 Å². The lowest BCUT2D eigenvalue weighted by atomic mass is 10.0. The van der Waals surface area contributed by atoms with Crippen LogP contribution in [0.4, 0.5) is 0 Å². The molecule has 1 N–H and O–H groups in total. The smallest absolute Gasteiger partial charge is 0.0409 e. The van der Waals surface area contributed by atoms with Gasteiger partial charge in [-0.1, -0.05) is 35.9 Å². The predicted molar refractivity (Wildman–Crippen MR) is 78.9 cm³/mol. The summed E-state index contributed by atoms with van der Waals surface area (Å²) in [5, 5.41) is 6.03. The highest BCUT2D eigenvalue weighted by Gasteiger charge is 2.08.